The summed E-state index contributed by atoms with van der Waals surface area (Å²) in [6.07, 6.45) is 0.916. The highest BCUT2D eigenvalue weighted by Gasteiger charge is 2.13. The summed E-state index contributed by atoms with van der Waals surface area (Å²) in [6.45, 7) is 0.735. The molecule has 0 bridgehead atoms. The Balaban J connectivity index is 1.62. The third-order valence-electron chi connectivity index (χ3n) is 4.30. The van der Waals surface area contributed by atoms with Crippen LogP contribution in [-0.2, 0) is 0 Å². The van der Waals surface area contributed by atoms with E-state index in [1.165, 1.54) is 11.1 Å². The van der Waals surface area contributed by atoms with Gasteiger partial charge in [0.1, 0.15) is 0 Å². The molecule has 3 aromatic rings. The van der Waals surface area contributed by atoms with Crippen molar-refractivity contribution < 1.29 is 0 Å². The van der Waals surface area contributed by atoms with Crippen molar-refractivity contribution in [2.75, 3.05) is 11.9 Å². The number of nitrogens with one attached hydrogen (secondary N) is 2. The van der Waals surface area contributed by atoms with Gasteiger partial charge in [0.05, 0.1) is 10.7 Å². The highest BCUT2D eigenvalue weighted by atomic mass is 35.5. The average Bonchev–Trinajstić information content (AvgIpc) is 2.69. The minimum atomic E-state index is 0.303. The molecule has 0 aliphatic rings. The molecule has 0 fully saturated rings. The van der Waals surface area contributed by atoms with Crippen LogP contribution in [0.1, 0.15) is 23.5 Å². The highest BCUT2D eigenvalue weighted by molar-refractivity contribution is 7.80. The van der Waals surface area contributed by atoms with Crippen LogP contribution < -0.4 is 10.6 Å². The van der Waals surface area contributed by atoms with E-state index in [0.29, 0.717) is 26.8 Å². The molecule has 3 aromatic carbocycles. The van der Waals surface area contributed by atoms with E-state index in [9.17, 15) is 0 Å². The molecule has 3 rings (SSSR count). The van der Waals surface area contributed by atoms with Crippen molar-refractivity contribution in [2.45, 2.75) is 12.3 Å². The number of hydrogen-bond donors (Lipinski definition) is 2. The third kappa shape index (κ3) is 5.70. The average molecular weight is 415 g/mol. The van der Waals surface area contributed by atoms with Gasteiger partial charge in [-0.05, 0) is 48.0 Å². The minimum absolute atomic E-state index is 0.303. The SMILES string of the molecule is S=C(NCCC(c1ccccc1)c1ccccc1)Nc1cc(Cl)ccc1Cl. The van der Waals surface area contributed by atoms with Crippen molar-refractivity contribution in [3.8, 4) is 0 Å². The molecule has 0 saturated carbocycles. The Labute approximate surface area is 175 Å². The number of thiocarbonyl (C=S) groups is 1. The molecule has 0 aromatic heterocycles. The molecule has 138 valence electrons. The summed E-state index contributed by atoms with van der Waals surface area (Å²) in [5.74, 6) is 0.303. The fourth-order valence-corrected chi connectivity index (χ4v) is 3.54. The van der Waals surface area contributed by atoms with Crippen molar-refractivity contribution in [3.05, 3.63) is 100 Å². The lowest BCUT2D eigenvalue weighted by Crippen LogP contribution is -2.30. The van der Waals surface area contributed by atoms with Gasteiger partial charge in [-0.15, -0.1) is 0 Å². The van der Waals surface area contributed by atoms with E-state index in [4.69, 9.17) is 35.4 Å². The fourth-order valence-electron chi connectivity index (χ4n) is 2.99. The van der Waals surface area contributed by atoms with Gasteiger partial charge in [0, 0.05) is 17.5 Å². The Bertz CT molecular complexity index is 846. The van der Waals surface area contributed by atoms with Crippen molar-refractivity contribution >= 4 is 46.2 Å². The Kier molecular flexibility index (Phi) is 7.11. The van der Waals surface area contributed by atoms with Gasteiger partial charge in [-0.25, -0.2) is 0 Å². The van der Waals surface area contributed by atoms with Gasteiger partial charge in [-0.2, -0.15) is 0 Å². The molecular formula is C22H20Cl2N2S. The number of benzene rings is 3. The first kappa shape index (κ1) is 19.7. The first-order valence-electron chi connectivity index (χ1n) is 8.73. The summed E-state index contributed by atoms with van der Waals surface area (Å²) >= 11 is 17.6. The Morgan fingerprint density at radius 3 is 2.04 bits per heavy atom. The molecule has 0 spiro atoms. The summed E-state index contributed by atoms with van der Waals surface area (Å²) in [6, 6.07) is 26.3. The molecule has 0 saturated heterocycles. The van der Waals surface area contributed by atoms with Crippen LogP contribution in [0.3, 0.4) is 0 Å². The molecule has 0 aliphatic heterocycles. The van der Waals surface area contributed by atoms with Crippen molar-refractivity contribution in [3.63, 3.8) is 0 Å². The van der Waals surface area contributed by atoms with Gasteiger partial charge in [-0.3, -0.25) is 0 Å². The van der Waals surface area contributed by atoms with Crippen LogP contribution in [0, 0.1) is 0 Å². The second kappa shape index (κ2) is 9.75. The topological polar surface area (TPSA) is 24.1 Å². The maximum Gasteiger partial charge on any atom is 0.170 e. The standard InChI is InChI=1S/C22H20Cl2N2S/c23-18-11-12-20(24)21(15-18)26-22(27)25-14-13-19(16-7-3-1-4-8-16)17-9-5-2-6-10-17/h1-12,15,19H,13-14H2,(H2,25,26,27). The van der Waals surface area contributed by atoms with Crippen molar-refractivity contribution in [1.29, 1.82) is 0 Å². The first-order chi connectivity index (χ1) is 13.1. The maximum absolute atomic E-state index is 6.18. The maximum atomic E-state index is 6.18. The van der Waals surface area contributed by atoms with Crippen LogP contribution >= 0.6 is 35.4 Å². The van der Waals surface area contributed by atoms with Gasteiger partial charge >= 0.3 is 0 Å². The van der Waals surface area contributed by atoms with Gasteiger partial charge in [-0.1, -0.05) is 83.9 Å². The zero-order valence-corrected chi connectivity index (χ0v) is 17.0. The number of halogens is 2. The van der Waals surface area contributed by atoms with Gasteiger partial charge < -0.3 is 10.6 Å². The molecule has 0 heterocycles. The Morgan fingerprint density at radius 2 is 1.44 bits per heavy atom. The zero-order valence-electron chi connectivity index (χ0n) is 14.7. The summed E-state index contributed by atoms with van der Waals surface area (Å²) in [5, 5.41) is 8.09. The molecule has 0 radical (unpaired) electrons. The van der Waals surface area contributed by atoms with E-state index >= 15 is 0 Å². The largest absolute Gasteiger partial charge is 0.362 e. The van der Waals surface area contributed by atoms with Crippen LogP contribution in [0.2, 0.25) is 10.0 Å². The van der Waals surface area contributed by atoms with E-state index in [1.54, 1.807) is 18.2 Å². The van der Waals surface area contributed by atoms with Gasteiger partial charge in [0.25, 0.3) is 0 Å². The van der Waals surface area contributed by atoms with Crippen molar-refractivity contribution in [1.82, 2.24) is 5.32 Å². The van der Waals surface area contributed by atoms with E-state index in [0.717, 1.165) is 13.0 Å². The Morgan fingerprint density at radius 1 is 0.852 bits per heavy atom. The summed E-state index contributed by atoms with van der Waals surface area (Å²) in [4.78, 5) is 0. The Hall–Kier alpha value is -2.07. The number of rotatable bonds is 6. The predicted octanol–water partition coefficient (Wildman–Crippen LogP) is 6.50. The van der Waals surface area contributed by atoms with Crippen LogP contribution in [0.5, 0.6) is 0 Å². The van der Waals surface area contributed by atoms with E-state index in [1.807, 2.05) is 12.1 Å². The number of hydrogen-bond acceptors (Lipinski definition) is 1. The lowest BCUT2D eigenvalue weighted by atomic mass is 9.88. The van der Waals surface area contributed by atoms with Crippen LogP contribution in [0.15, 0.2) is 78.9 Å². The quantitative estimate of drug-likeness (QED) is 0.449. The molecule has 0 amide bonds. The van der Waals surface area contributed by atoms with Gasteiger partial charge in [0.2, 0.25) is 0 Å². The lowest BCUT2D eigenvalue weighted by molar-refractivity contribution is 0.694. The van der Waals surface area contributed by atoms with Crippen LogP contribution in [0.4, 0.5) is 5.69 Å². The third-order valence-corrected chi connectivity index (χ3v) is 5.11. The van der Waals surface area contributed by atoms with Crippen LogP contribution in [-0.4, -0.2) is 11.7 Å². The smallest absolute Gasteiger partial charge is 0.170 e. The molecule has 0 aliphatic carbocycles. The molecular weight excluding hydrogens is 395 g/mol. The summed E-state index contributed by atoms with van der Waals surface area (Å²) in [5.41, 5.74) is 3.29. The number of anilines is 1. The predicted molar refractivity (Wildman–Crippen MR) is 120 cm³/mol. The molecule has 0 unspecified atom stereocenters. The monoisotopic (exact) mass is 414 g/mol. The van der Waals surface area contributed by atoms with Crippen molar-refractivity contribution in [2.24, 2.45) is 0 Å². The minimum Gasteiger partial charge on any atom is -0.362 e. The second-order valence-electron chi connectivity index (χ2n) is 6.17. The summed E-state index contributed by atoms with van der Waals surface area (Å²) in [7, 11) is 0. The highest BCUT2D eigenvalue weighted by Crippen LogP contribution is 2.28. The van der Waals surface area contributed by atoms with E-state index < -0.39 is 0 Å². The fraction of sp³-hybridized carbons (Fsp3) is 0.136. The zero-order chi connectivity index (χ0) is 19.1. The summed E-state index contributed by atoms with van der Waals surface area (Å²) < 4.78 is 0. The van der Waals surface area contributed by atoms with Gasteiger partial charge in [0.15, 0.2) is 5.11 Å². The molecule has 2 nitrogen and oxygen atoms in total. The van der Waals surface area contributed by atoms with Crippen LogP contribution in [0.25, 0.3) is 0 Å². The molecule has 27 heavy (non-hydrogen) atoms. The van der Waals surface area contributed by atoms with E-state index in [-0.39, 0.29) is 0 Å². The first-order valence-corrected chi connectivity index (χ1v) is 9.89. The lowest BCUT2D eigenvalue weighted by Gasteiger charge is -2.19. The molecule has 2 N–H and O–H groups in total. The molecule has 0 atom stereocenters. The second-order valence-corrected chi connectivity index (χ2v) is 7.42. The normalized spacial score (nSPS) is 10.6. The molecule has 5 heteroatoms. The van der Waals surface area contributed by atoms with E-state index in [2.05, 4.69) is 59.2 Å².